The number of rotatable bonds is 7. The number of amides is 1. The molecule has 0 N–H and O–H groups in total. The largest absolute Gasteiger partial charge is 0.497 e. The van der Waals surface area contributed by atoms with Crippen LogP contribution >= 0.6 is 11.3 Å². The van der Waals surface area contributed by atoms with Crippen molar-refractivity contribution in [3.05, 3.63) is 47.5 Å². The number of methoxy groups -OCH3 is 1. The lowest BCUT2D eigenvalue weighted by atomic mass is 9.96. The average Bonchev–Trinajstić information content (AvgIpc) is 3.60. The first kappa shape index (κ1) is 26.1. The summed E-state index contributed by atoms with van der Waals surface area (Å²) < 4.78 is 40.0. The molecule has 1 aromatic heterocycles. The lowest BCUT2D eigenvalue weighted by Crippen LogP contribution is -2.46. The number of sulfonamides is 1. The normalized spacial score (nSPS) is 19.4. The summed E-state index contributed by atoms with van der Waals surface area (Å²) in [5.41, 5.74) is 3.17. The highest BCUT2D eigenvalue weighted by molar-refractivity contribution is 7.89. The SMILES string of the molecule is COc1ccc(S(=O)(=O)N2CCC(C(=O)N(CC3CCCO3)c3nc4c(C)ccc(C)c4s3)CC2)cc1. The van der Waals surface area contributed by atoms with E-state index in [0.29, 0.717) is 50.0 Å². The van der Waals surface area contributed by atoms with Crippen molar-refractivity contribution in [2.75, 3.05) is 38.3 Å². The molecule has 0 spiro atoms. The number of thiazole rings is 1. The number of anilines is 1. The van der Waals surface area contributed by atoms with Crippen LogP contribution in [0.5, 0.6) is 5.75 Å². The predicted molar refractivity (Wildman–Crippen MR) is 145 cm³/mol. The van der Waals surface area contributed by atoms with Crippen molar-refractivity contribution < 1.29 is 22.7 Å². The fourth-order valence-electron chi connectivity index (χ4n) is 5.08. The van der Waals surface area contributed by atoms with E-state index in [1.165, 1.54) is 4.31 Å². The minimum atomic E-state index is -3.63. The van der Waals surface area contributed by atoms with Gasteiger partial charge in [0.1, 0.15) is 5.75 Å². The number of benzene rings is 2. The van der Waals surface area contributed by atoms with Crippen molar-refractivity contribution in [1.29, 1.82) is 0 Å². The smallest absolute Gasteiger partial charge is 0.243 e. The minimum Gasteiger partial charge on any atom is -0.497 e. The second-order valence-corrected chi connectivity index (χ2v) is 12.7. The molecule has 0 aliphatic carbocycles. The van der Waals surface area contributed by atoms with Crippen LogP contribution in [0.1, 0.15) is 36.8 Å². The molecular weight excluding hydrogens is 510 g/mol. The summed E-state index contributed by atoms with van der Waals surface area (Å²) in [5, 5.41) is 0.696. The molecule has 1 unspecified atom stereocenters. The summed E-state index contributed by atoms with van der Waals surface area (Å²) in [6.45, 7) is 5.89. The Morgan fingerprint density at radius 1 is 1.11 bits per heavy atom. The number of carbonyl (C=O) groups excluding carboxylic acids is 1. The van der Waals surface area contributed by atoms with E-state index in [1.54, 1.807) is 47.6 Å². The van der Waals surface area contributed by atoms with Gasteiger partial charge < -0.3 is 9.47 Å². The Labute approximate surface area is 222 Å². The van der Waals surface area contributed by atoms with Gasteiger partial charge in [0.15, 0.2) is 5.13 Å². The molecule has 37 heavy (non-hydrogen) atoms. The lowest BCUT2D eigenvalue weighted by molar-refractivity contribution is -0.123. The van der Waals surface area contributed by atoms with Crippen molar-refractivity contribution in [2.45, 2.75) is 50.5 Å². The zero-order valence-corrected chi connectivity index (χ0v) is 23.1. The summed E-state index contributed by atoms with van der Waals surface area (Å²) in [7, 11) is -2.09. The van der Waals surface area contributed by atoms with E-state index < -0.39 is 10.0 Å². The second kappa shape index (κ2) is 10.7. The van der Waals surface area contributed by atoms with Gasteiger partial charge >= 0.3 is 0 Å². The third kappa shape index (κ3) is 5.25. The van der Waals surface area contributed by atoms with Gasteiger partial charge in [0.2, 0.25) is 15.9 Å². The highest BCUT2D eigenvalue weighted by Gasteiger charge is 2.36. The van der Waals surface area contributed by atoms with E-state index in [4.69, 9.17) is 14.5 Å². The molecule has 1 atom stereocenters. The Morgan fingerprint density at radius 3 is 2.43 bits per heavy atom. The Hall–Kier alpha value is -2.53. The molecule has 2 fully saturated rings. The third-order valence-corrected chi connectivity index (χ3v) is 10.5. The molecule has 3 aromatic rings. The van der Waals surface area contributed by atoms with Gasteiger partial charge in [-0.05, 0) is 74.9 Å². The first-order valence-corrected chi connectivity index (χ1v) is 15.0. The van der Waals surface area contributed by atoms with E-state index in [9.17, 15) is 13.2 Å². The van der Waals surface area contributed by atoms with Crippen LogP contribution < -0.4 is 9.64 Å². The number of hydrogen-bond donors (Lipinski definition) is 0. The van der Waals surface area contributed by atoms with Gasteiger partial charge in [0, 0.05) is 25.6 Å². The Kier molecular flexibility index (Phi) is 7.53. The molecule has 5 rings (SSSR count). The van der Waals surface area contributed by atoms with Crippen LogP contribution in [0, 0.1) is 19.8 Å². The zero-order chi connectivity index (χ0) is 26.2. The van der Waals surface area contributed by atoms with Crippen molar-refractivity contribution in [3.63, 3.8) is 0 Å². The first-order valence-electron chi connectivity index (χ1n) is 12.7. The monoisotopic (exact) mass is 543 g/mol. The molecule has 8 nitrogen and oxygen atoms in total. The molecule has 10 heteroatoms. The van der Waals surface area contributed by atoms with Gasteiger partial charge in [0.05, 0.1) is 34.9 Å². The minimum absolute atomic E-state index is 0.00584. The number of hydrogen-bond acceptors (Lipinski definition) is 7. The predicted octanol–water partition coefficient (Wildman–Crippen LogP) is 4.53. The standard InChI is InChI=1S/C27H33N3O5S2/c1-18-6-7-19(2)25-24(18)28-27(36-25)30(17-22-5-4-16-35-22)26(31)20-12-14-29(15-13-20)37(32,33)23-10-8-21(34-3)9-11-23/h6-11,20,22H,4-5,12-17H2,1-3H3. The third-order valence-electron chi connectivity index (χ3n) is 7.34. The van der Waals surface area contributed by atoms with Gasteiger partial charge in [0.25, 0.3) is 0 Å². The molecule has 0 bridgehead atoms. The van der Waals surface area contributed by atoms with E-state index in [0.717, 1.165) is 34.2 Å². The molecule has 0 saturated carbocycles. The van der Waals surface area contributed by atoms with Crippen molar-refractivity contribution >= 4 is 42.6 Å². The van der Waals surface area contributed by atoms with Crippen LogP contribution in [-0.2, 0) is 19.6 Å². The van der Waals surface area contributed by atoms with Crippen molar-refractivity contribution in [2.24, 2.45) is 5.92 Å². The molecule has 198 valence electrons. The van der Waals surface area contributed by atoms with Crippen LogP contribution in [0.25, 0.3) is 10.2 Å². The van der Waals surface area contributed by atoms with E-state index in [-0.39, 0.29) is 22.8 Å². The molecule has 0 radical (unpaired) electrons. The maximum Gasteiger partial charge on any atom is 0.243 e. The topological polar surface area (TPSA) is 89.0 Å². The maximum atomic E-state index is 13.9. The number of aromatic nitrogens is 1. The molecule has 2 saturated heterocycles. The summed E-state index contributed by atoms with van der Waals surface area (Å²) in [5.74, 6) is 0.346. The van der Waals surface area contributed by atoms with Gasteiger partial charge in [-0.15, -0.1) is 0 Å². The van der Waals surface area contributed by atoms with Crippen LogP contribution in [0.15, 0.2) is 41.3 Å². The van der Waals surface area contributed by atoms with E-state index >= 15 is 0 Å². The van der Waals surface area contributed by atoms with Crippen molar-refractivity contribution in [1.82, 2.24) is 9.29 Å². The van der Waals surface area contributed by atoms with Crippen LogP contribution in [0.4, 0.5) is 5.13 Å². The molecular formula is C27H33N3O5S2. The number of fused-ring (bicyclic) bond motifs is 1. The van der Waals surface area contributed by atoms with Gasteiger partial charge in [-0.2, -0.15) is 4.31 Å². The van der Waals surface area contributed by atoms with Crippen LogP contribution in [0.2, 0.25) is 0 Å². The van der Waals surface area contributed by atoms with Gasteiger partial charge in [-0.25, -0.2) is 13.4 Å². The Bertz CT molecular complexity index is 1330. The number of ether oxygens (including phenoxy) is 2. The number of aryl methyl sites for hydroxylation is 2. The Morgan fingerprint density at radius 2 is 1.81 bits per heavy atom. The van der Waals surface area contributed by atoms with Gasteiger partial charge in [-0.3, -0.25) is 9.69 Å². The fourth-order valence-corrected chi connectivity index (χ4v) is 7.67. The molecule has 3 heterocycles. The summed E-state index contributed by atoms with van der Waals surface area (Å²) in [4.78, 5) is 20.8. The molecule has 2 aromatic carbocycles. The van der Waals surface area contributed by atoms with E-state index in [1.807, 2.05) is 6.92 Å². The summed E-state index contributed by atoms with van der Waals surface area (Å²) >= 11 is 1.55. The quantitative estimate of drug-likeness (QED) is 0.435. The first-order chi connectivity index (χ1) is 17.8. The highest BCUT2D eigenvalue weighted by Crippen LogP contribution is 2.35. The van der Waals surface area contributed by atoms with E-state index in [2.05, 4.69) is 19.1 Å². The number of piperidine rings is 1. The summed E-state index contributed by atoms with van der Waals surface area (Å²) in [6.07, 6.45) is 2.85. The lowest BCUT2D eigenvalue weighted by Gasteiger charge is -2.33. The number of nitrogens with zero attached hydrogens (tertiary/aromatic N) is 3. The number of carbonyl (C=O) groups is 1. The highest BCUT2D eigenvalue weighted by atomic mass is 32.2. The molecule has 2 aliphatic rings. The van der Waals surface area contributed by atoms with Crippen LogP contribution in [-0.4, -0.2) is 63.1 Å². The van der Waals surface area contributed by atoms with Crippen LogP contribution in [0.3, 0.4) is 0 Å². The maximum absolute atomic E-state index is 13.9. The Balaban J connectivity index is 1.34. The summed E-state index contributed by atoms with van der Waals surface area (Å²) in [6, 6.07) is 10.6. The van der Waals surface area contributed by atoms with Crippen molar-refractivity contribution in [3.8, 4) is 5.75 Å². The fraction of sp³-hybridized carbons (Fsp3) is 0.481. The average molecular weight is 544 g/mol. The molecule has 1 amide bonds. The second-order valence-electron chi connectivity index (χ2n) is 9.81. The zero-order valence-electron chi connectivity index (χ0n) is 21.5. The van der Waals surface area contributed by atoms with Gasteiger partial charge in [-0.1, -0.05) is 23.5 Å². The molecule has 2 aliphatic heterocycles.